The van der Waals surface area contributed by atoms with Crippen LogP contribution in [0.15, 0.2) is 48.5 Å². The molecular weight excluding hydrogens is 376 g/mol. The Balaban J connectivity index is 1.83. The van der Waals surface area contributed by atoms with Crippen molar-refractivity contribution in [3.05, 3.63) is 54.1 Å². The quantitative estimate of drug-likeness (QED) is 0.401. The number of hydrogen-bond donors (Lipinski definition) is 4. The molecule has 0 saturated carbocycles. The summed E-state index contributed by atoms with van der Waals surface area (Å²) in [6.07, 6.45) is 2.04. The first-order valence-corrected chi connectivity index (χ1v) is 9.29. The Morgan fingerprint density at radius 2 is 1.57 bits per heavy atom. The number of anilines is 2. The number of thiocarbonyl (C=S) groups is 1. The number of carbonyl (C=O) groups excluding carboxylic acids is 2. The van der Waals surface area contributed by atoms with Crippen LogP contribution in [-0.4, -0.2) is 30.6 Å². The van der Waals surface area contributed by atoms with Gasteiger partial charge in [-0.15, -0.1) is 0 Å². The monoisotopic (exact) mass is 400 g/mol. The third-order valence-electron chi connectivity index (χ3n) is 3.86. The van der Waals surface area contributed by atoms with Gasteiger partial charge in [0.15, 0.2) is 5.11 Å². The second-order valence-corrected chi connectivity index (χ2v) is 6.42. The van der Waals surface area contributed by atoms with Gasteiger partial charge in [0.1, 0.15) is 5.75 Å². The first-order valence-electron chi connectivity index (χ1n) is 8.88. The smallest absolute Gasteiger partial charge is 0.257 e. The lowest BCUT2D eigenvalue weighted by Crippen LogP contribution is -2.34. The summed E-state index contributed by atoms with van der Waals surface area (Å²) in [7, 11) is 1.56. The van der Waals surface area contributed by atoms with Crippen LogP contribution in [0, 0.1) is 0 Å². The van der Waals surface area contributed by atoms with Gasteiger partial charge in [-0.1, -0.05) is 0 Å². The first-order chi connectivity index (χ1) is 13.5. The highest BCUT2D eigenvalue weighted by Gasteiger charge is 2.08. The Bertz CT molecular complexity index is 807. The van der Waals surface area contributed by atoms with Crippen molar-refractivity contribution in [1.82, 2.24) is 5.32 Å². The van der Waals surface area contributed by atoms with E-state index in [-0.39, 0.29) is 16.9 Å². The van der Waals surface area contributed by atoms with Crippen LogP contribution in [0.2, 0.25) is 0 Å². The third-order valence-corrected chi connectivity index (χ3v) is 4.07. The number of methoxy groups -OCH3 is 1. The van der Waals surface area contributed by atoms with Gasteiger partial charge in [0.05, 0.1) is 7.11 Å². The summed E-state index contributed by atoms with van der Waals surface area (Å²) < 4.78 is 5.07. The first kappa shape index (κ1) is 21.3. The van der Waals surface area contributed by atoms with Gasteiger partial charge in [0.2, 0.25) is 5.91 Å². The van der Waals surface area contributed by atoms with Crippen LogP contribution >= 0.6 is 12.2 Å². The van der Waals surface area contributed by atoms with E-state index in [1.165, 1.54) is 0 Å². The summed E-state index contributed by atoms with van der Waals surface area (Å²) in [6, 6.07) is 13.8. The van der Waals surface area contributed by atoms with Crippen molar-refractivity contribution in [2.75, 3.05) is 24.3 Å². The number of rotatable bonds is 8. The van der Waals surface area contributed by atoms with Gasteiger partial charge in [0.25, 0.3) is 5.91 Å². The summed E-state index contributed by atoms with van der Waals surface area (Å²) in [5, 5.41) is 8.56. The van der Waals surface area contributed by atoms with Crippen LogP contribution in [0.1, 0.15) is 29.6 Å². The Labute approximate surface area is 169 Å². The van der Waals surface area contributed by atoms with E-state index in [9.17, 15) is 9.59 Å². The molecule has 2 amide bonds. The normalized spacial score (nSPS) is 10.1. The van der Waals surface area contributed by atoms with Crippen molar-refractivity contribution >= 4 is 40.5 Å². The van der Waals surface area contributed by atoms with Gasteiger partial charge in [-0.25, -0.2) is 0 Å². The van der Waals surface area contributed by atoms with Crippen LogP contribution in [0.5, 0.6) is 5.75 Å². The fraction of sp³-hybridized carbons (Fsp3) is 0.250. The molecule has 0 aliphatic carbocycles. The zero-order valence-corrected chi connectivity index (χ0v) is 16.5. The van der Waals surface area contributed by atoms with E-state index >= 15 is 0 Å². The number of hydrogen-bond acceptors (Lipinski definition) is 5. The summed E-state index contributed by atoms with van der Waals surface area (Å²) in [5.41, 5.74) is 7.27. The summed E-state index contributed by atoms with van der Waals surface area (Å²) in [4.78, 5) is 24.0. The Morgan fingerprint density at radius 1 is 0.964 bits per heavy atom. The average Bonchev–Trinajstić information content (AvgIpc) is 2.69. The standard InChI is InChI=1S/C20H24N4O3S/c1-27-17-11-5-14(6-12-17)19(26)24-20(28)23-16-9-7-15(8-10-16)22-18(25)4-2-3-13-21/h5-12H,2-4,13,21H2,1H3,(H,22,25)(H2,23,24,26,28). The molecule has 0 unspecified atom stereocenters. The minimum Gasteiger partial charge on any atom is -0.497 e. The molecular formula is C20H24N4O3S. The Kier molecular flexibility index (Phi) is 8.38. The lowest BCUT2D eigenvalue weighted by molar-refractivity contribution is -0.116. The molecule has 0 atom stereocenters. The molecule has 8 heteroatoms. The largest absolute Gasteiger partial charge is 0.497 e. The molecule has 0 aromatic heterocycles. The zero-order valence-electron chi connectivity index (χ0n) is 15.7. The van der Waals surface area contributed by atoms with Gasteiger partial charge in [-0.2, -0.15) is 0 Å². The van der Waals surface area contributed by atoms with Crippen LogP contribution in [0.25, 0.3) is 0 Å². The lowest BCUT2D eigenvalue weighted by Gasteiger charge is -2.11. The molecule has 2 aromatic carbocycles. The minimum absolute atomic E-state index is 0.0450. The number of carbonyl (C=O) groups is 2. The van der Waals surface area contributed by atoms with Crippen molar-refractivity contribution in [3.8, 4) is 5.75 Å². The molecule has 148 valence electrons. The summed E-state index contributed by atoms with van der Waals surface area (Å²) in [5.74, 6) is 0.307. The number of nitrogens with two attached hydrogens (primary N) is 1. The zero-order chi connectivity index (χ0) is 20.4. The van der Waals surface area contributed by atoms with Gasteiger partial charge >= 0.3 is 0 Å². The molecule has 0 aliphatic heterocycles. The molecule has 0 radical (unpaired) electrons. The van der Waals surface area contributed by atoms with Crippen LogP contribution < -0.4 is 26.4 Å². The molecule has 0 saturated heterocycles. The molecule has 0 aliphatic rings. The highest BCUT2D eigenvalue weighted by Crippen LogP contribution is 2.15. The van der Waals surface area contributed by atoms with Crippen molar-refractivity contribution in [3.63, 3.8) is 0 Å². The number of nitrogens with one attached hydrogen (secondary N) is 3. The third kappa shape index (κ3) is 6.98. The SMILES string of the molecule is COc1ccc(C(=O)NC(=S)Nc2ccc(NC(=O)CCCCN)cc2)cc1. The highest BCUT2D eigenvalue weighted by molar-refractivity contribution is 7.80. The number of unbranched alkanes of at least 4 members (excludes halogenated alkanes) is 1. The second-order valence-electron chi connectivity index (χ2n) is 6.01. The maximum Gasteiger partial charge on any atom is 0.257 e. The Hall–Kier alpha value is -2.97. The van der Waals surface area contributed by atoms with E-state index < -0.39 is 0 Å². The van der Waals surface area contributed by atoms with Gasteiger partial charge < -0.3 is 21.1 Å². The maximum atomic E-state index is 12.2. The van der Waals surface area contributed by atoms with Gasteiger partial charge in [-0.3, -0.25) is 14.9 Å². The molecule has 28 heavy (non-hydrogen) atoms. The average molecular weight is 401 g/mol. The second kappa shape index (κ2) is 11.0. The van der Waals surface area contributed by atoms with Crippen molar-refractivity contribution in [2.24, 2.45) is 5.73 Å². The fourth-order valence-electron chi connectivity index (χ4n) is 2.37. The summed E-state index contributed by atoms with van der Waals surface area (Å²) >= 11 is 5.18. The van der Waals surface area contributed by atoms with E-state index in [1.54, 1.807) is 55.6 Å². The van der Waals surface area contributed by atoms with Crippen molar-refractivity contribution in [2.45, 2.75) is 19.3 Å². The molecule has 0 heterocycles. The highest BCUT2D eigenvalue weighted by atomic mass is 32.1. The lowest BCUT2D eigenvalue weighted by atomic mass is 10.2. The van der Waals surface area contributed by atoms with E-state index in [4.69, 9.17) is 22.7 Å². The van der Waals surface area contributed by atoms with Crippen LogP contribution in [0.4, 0.5) is 11.4 Å². The molecule has 0 bridgehead atoms. The number of benzene rings is 2. The van der Waals surface area contributed by atoms with Crippen LogP contribution in [0.3, 0.4) is 0 Å². The number of ether oxygens (including phenoxy) is 1. The van der Waals surface area contributed by atoms with E-state index in [2.05, 4.69) is 16.0 Å². The topological polar surface area (TPSA) is 105 Å². The molecule has 0 spiro atoms. The van der Waals surface area contributed by atoms with Crippen LogP contribution in [-0.2, 0) is 4.79 Å². The van der Waals surface area contributed by atoms with E-state index in [0.717, 1.165) is 12.8 Å². The predicted molar refractivity (Wildman–Crippen MR) is 115 cm³/mol. The molecule has 0 fully saturated rings. The minimum atomic E-state index is -0.318. The van der Waals surface area contributed by atoms with E-state index in [0.29, 0.717) is 35.7 Å². The maximum absolute atomic E-state index is 12.2. The predicted octanol–water partition coefficient (Wildman–Crippen LogP) is 2.89. The Morgan fingerprint density at radius 3 is 2.14 bits per heavy atom. The molecule has 2 aromatic rings. The fourth-order valence-corrected chi connectivity index (χ4v) is 2.58. The molecule has 2 rings (SSSR count). The van der Waals surface area contributed by atoms with Crippen molar-refractivity contribution in [1.29, 1.82) is 0 Å². The van der Waals surface area contributed by atoms with Crippen molar-refractivity contribution < 1.29 is 14.3 Å². The van der Waals surface area contributed by atoms with Gasteiger partial charge in [-0.05, 0) is 80.1 Å². The molecule has 5 N–H and O–H groups in total. The number of amides is 2. The summed E-state index contributed by atoms with van der Waals surface area (Å²) in [6.45, 7) is 0.586. The molecule has 7 nitrogen and oxygen atoms in total. The van der Waals surface area contributed by atoms with Gasteiger partial charge in [0, 0.05) is 23.4 Å². The van der Waals surface area contributed by atoms with E-state index in [1.807, 2.05) is 0 Å².